The molecule has 0 bridgehead atoms. The molecule has 0 aromatic carbocycles. The Hall–Kier alpha value is -1.16. The van der Waals surface area contributed by atoms with E-state index in [1.807, 2.05) is 13.1 Å². The molecule has 92 valence electrons. The highest BCUT2D eigenvalue weighted by Crippen LogP contribution is 2.38. The third-order valence-corrected chi connectivity index (χ3v) is 4.39. The number of nitrogens with zero attached hydrogens (tertiary/aromatic N) is 2. The van der Waals surface area contributed by atoms with Gasteiger partial charge < -0.3 is 5.32 Å². The lowest BCUT2D eigenvalue weighted by atomic mass is 9.91. The average Bonchev–Trinajstić information content (AvgIpc) is 2.96. The van der Waals surface area contributed by atoms with Gasteiger partial charge in [0, 0.05) is 25.7 Å². The summed E-state index contributed by atoms with van der Waals surface area (Å²) in [5.41, 5.74) is 0.730. The Morgan fingerprint density at radius 1 is 1.59 bits per heavy atom. The van der Waals surface area contributed by atoms with Crippen molar-refractivity contribution in [3.05, 3.63) is 18.0 Å². The molecule has 3 unspecified atom stereocenters. The van der Waals surface area contributed by atoms with E-state index in [2.05, 4.69) is 10.4 Å². The first-order valence-corrected chi connectivity index (χ1v) is 6.50. The number of fused-ring (bicyclic) bond motifs is 1. The molecule has 4 nitrogen and oxygen atoms in total. The van der Waals surface area contributed by atoms with Crippen molar-refractivity contribution in [3.63, 3.8) is 0 Å². The quantitative estimate of drug-likeness (QED) is 0.802. The van der Waals surface area contributed by atoms with Crippen LogP contribution < -0.4 is 5.32 Å². The molecule has 2 fully saturated rings. The second kappa shape index (κ2) is 4.26. The third kappa shape index (κ3) is 1.90. The van der Waals surface area contributed by atoms with Crippen LogP contribution in [0.25, 0.3) is 0 Å². The molecule has 2 aliphatic rings. The molecule has 1 aliphatic carbocycles. The van der Waals surface area contributed by atoms with E-state index in [1.54, 1.807) is 10.9 Å². The minimum atomic E-state index is 0.218. The molecule has 1 aliphatic heterocycles. The zero-order valence-corrected chi connectivity index (χ0v) is 10.2. The lowest BCUT2D eigenvalue weighted by molar-refractivity contribution is 0.0954. The number of Topliss-reactive ketones (excluding diaryl/α,β-unsaturated/α-hetero) is 1. The maximum atomic E-state index is 12.2. The van der Waals surface area contributed by atoms with Crippen LogP contribution in [0.1, 0.15) is 36.2 Å². The topological polar surface area (TPSA) is 46.9 Å². The van der Waals surface area contributed by atoms with Crippen molar-refractivity contribution < 1.29 is 4.79 Å². The van der Waals surface area contributed by atoms with Crippen molar-refractivity contribution in [2.45, 2.75) is 31.7 Å². The fourth-order valence-corrected chi connectivity index (χ4v) is 3.48. The Labute approximate surface area is 101 Å². The number of aromatic nitrogens is 2. The SMILES string of the molecule is Cn1nccc1C(=O)CC1NCC2CCCC21. The zero-order chi connectivity index (χ0) is 11.8. The summed E-state index contributed by atoms with van der Waals surface area (Å²) in [6.45, 7) is 1.11. The predicted molar refractivity (Wildman–Crippen MR) is 64.8 cm³/mol. The third-order valence-electron chi connectivity index (χ3n) is 4.39. The van der Waals surface area contributed by atoms with Gasteiger partial charge in [-0.05, 0) is 37.3 Å². The Balaban J connectivity index is 1.68. The first-order chi connectivity index (χ1) is 8.25. The van der Waals surface area contributed by atoms with Gasteiger partial charge in [-0.3, -0.25) is 9.48 Å². The van der Waals surface area contributed by atoms with Crippen LogP contribution in [0.15, 0.2) is 12.3 Å². The minimum Gasteiger partial charge on any atom is -0.313 e. The molecule has 0 amide bonds. The zero-order valence-electron chi connectivity index (χ0n) is 10.2. The summed E-state index contributed by atoms with van der Waals surface area (Å²) in [5.74, 6) is 1.77. The Bertz CT molecular complexity index is 426. The van der Waals surface area contributed by atoms with E-state index in [9.17, 15) is 4.79 Å². The second-order valence-corrected chi connectivity index (χ2v) is 5.34. The number of hydrogen-bond donors (Lipinski definition) is 1. The maximum Gasteiger partial charge on any atom is 0.182 e. The Morgan fingerprint density at radius 2 is 2.47 bits per heavy atom. The van der Waals surface area contributed by atoms with Gasteiger partial charge in [0.25, 0.3) is 0 Å². The molecule has 2 heterocycles. The van der Waals surface area contributed by atoms with Gasteiger partial charge in [0.2, 0.25) is 0 Å². The average molecular weight is 233 g/mol. The Morgan fingerprint density at radius 3 is 3.24 bits per heavy atom. The molecule has 1 aromatic heterocycles. The van der Waals surface area contributed by atoms with Crippen molar-refractivity contribution in [2.75, 3.05) is 6.54 Å². The fraction of sp³-hybridized carbons (Fsp3) is 0.692. The van der Waals surface area contributed by atoms with Gasteiger partial charge in [0.1, 0.15) is 5.69 Å². The Kier molecular flexibility index (Phi) is 2.74. The van der Waals surface area contributed by atoms with Crippen LogP contribution >= 0.6 is 0 Å². The van der Waals surface area contributed by atoms with Crippen molar-refractivity contribution in [2.24, 2.45) is 18.9 Å². The number of carbonyl (C=O) groups excluding carboxylic acids is 1. The van der Waals surface area contributed by atoms with Crippen molar-refractivity contribution in [1.29, 1.82) is 0 Å². The van der Waals surface area contributed by atoms with Gasteiger partial charge in [-0.1, -0.05) is 6.42 Å². The summed E-state index contributed by atoms with van der Waals surface area (Å²) in [4.78, 5) is 12.2. The molecule has 1 saturated carbocycles. The second-order valence-electron chi connectivity index (χ2n) is 5.34. The van der Waals surface area contributed by atoms with E-state index in [1.165, 1.54) is 19.3 Å². The molecule has 3 atom stereocenters. The number of carbonyl (C=O) groups is 1. The molecular formula is C13H19N3O. The normalized spacial score (nSPS) is 31.7. The van der Waals surface area contributed by atoms with Gasteiger partial charge >= 0.3 is 0 Å². The van der Waals surface area contributed by atoms with E-state index in [-0.39, 0.29) is 5.78 Å². The van der Waals surface area contributed by atoms with Gasteiger partial charge in [-0.2, -0.15) is 5.10 Å². The lowest BCUT2D eigenvalue weighted by Crippen LogP contribution is -2.30. The van der Waals surface area contributed by atoms with E-state index in [0.29, 0.717) is 12.5 Å². The van der Waals surface area contributed by atoms with Gasteiger partial charge in [0.15, 0.2) is 5.78 Å². The van der Waals surface area contributed by atoms with Crippen LogP contribution in [-0.2, 0) is 7.05 Å². The van der Waals surface area contributed by atoms with Crippen LogP contribution in [0, 0.1) is 11.8 Å². The number of hydrogen-bond acceptors (Lipinski definition) is 3. The van der Waals surface area contributed by atoms with E-state index >= 15 is 0 Å². The van der Waals surface area contributed by atoms with Crippen LogP contribution in [-0.4, -0.2) is 28.2 Å². The van der Waals surface area contributed by atoms with E-state index < -0.39 is 0 Å². The molecule has 1 N–H and O–H groups in total. The number of aryl methyl sites for hydroxylation is 1. The molecule has 1 aromatic rings. The maximum absolute atomic E-state index is 12.2. The van der Waals surface area contributed by atoms with Crippen LogP contribution in [0.4, 0.5) is 0 Å². The fourth-order valence-electron chi connectivity index (χ4n) is 3.48. The largest absolute Gasteiger partial charge is 0.313 e. The van der Waals surface area contributed by atoms with Gasteiger partial charge in [-0.25, -0.2) is 0 Å². The smallest absolute Gasteiger partial charge is 0.182 e. The highest BCUT2D eigenvalue weighted by Gasteiger charge is 2.39. The van der Waals surface area contributed by atoms with E-state index in [0.717, 1.165) is 24.1 Å². The van der Waals surface area contributed by atoms with Gasteiger partial charge in [0.05, 0.1) is 0 Å². The number of ketones is 1. The molecule has 3 rings (SSSR count). The highest BCUT2D eigenvalue weighted by molar-refractivity contribution is 5.94. The highest BCUT2D eigenvalue weighted by atomic mass is 16.1. The monoisotopic (exact) mass is 233 g/mol. The molecule has 0 spiro atoms. The van der Waals surface area contributed by atoms with Crippen molar-refractivity contribution in [1.82, 2.24) is 15.1 Å². The molecule has 17 heavy (non-hydrogen) atoms. The van der Waals surface area contributed by atoms with E-state index in [4.69, 9.17) is 0 Å². The summed E-state index contributed by atoms with van der Waals surface area (Å²) in [5, 5.41) is 7.57. The number of nitrogens with one attached hydrogen (secondary N) is 1. The standard InChI is InChI=1S/C13H19N3O/c1-16-12(5-6-15-16)13(17)7-11-10-4-2-3-9(10)8-14-11/h5-6,9-11,14H,2-4,7-8H2,1H3. The molecule has 4 heteroatoms. The summed E-state index contributed by atoms with van der Waals surface area (Å²) < 4.78 is 1.67. The predicted octanol–water partition coefficient (Wildman–Crippen LogP) is 1.38. The van der Waals surface area contributed by atoms with Crippen LogP contribution in [0.5, 0.6) is 0 Å². The number of rotatable bonds is 3. The summed E-state index contributed by atoms with van der Waals surface area (Å²) in [7, 11) is 1.83. The summed E-state index contributed by atoms with van der Waals surface area (Å²) >= 11 is 0. The summed E-state index contributed by atoms with van der Waals surface area (Å²) in [6, 6.07) is 2.20. The summed E-state index contributed by atoms with van der Waals surface area (Å²) in [6.07, 6.45) is 6.29. The van der Waals surface area contributed by atoms with Crippen molar-refractivity contribution in [3.8, 4) is 0 Å². The van der Waals surface area contributed by atoms with Crippen LogP contribution in [0.2, 0.25) is 0 Å². The lowest BCUT2D eigenvalue weighted by Gasteiger charge is -2.17. The van der Waals surface area contributed by atoms with Crippen molar-refractivity contribution >= 4 is 5.78 Å². The first-order valence-electron chi connectivity index (χ1n) is 6.50. The molecular weight excluding hydrogens is 214 g/mol. The molecule has 1 saturated heterocycles. The minimum absolute atomic E-state index is 0.218. The molecule has 0 radical (unpaired) electrons. The first kappa shape index (κ1) is 11.0. The van der Waals surface area contributed by atoms with Gasteiger partial charge in [-0.15, -0.1) is 0 Å². The van der Waals surface area contributed by atoms with Crippen LogP contribution in [0.3, 0.4) is 0 Å².